The van der Waals surface area contributed by atoms with Gasteiger partial charge in [-0.25, -0.2) is 9.97 Å². The smallest absolute Gasteiger partial charge is 0.353 e. The van der Waals surface area contributed by atoms with E-state index in [4.69, 9.17) is 4.74 Å². The van der Waals surface area contributed by atoms with Gasteiger partial charge in [-0.2, -0.15) is 0 Å². The van der Waals surface area contributed by atoms with Gasteiger partial charge in [0, 0.05) is 18.8 Å². The molecule has 0 aliphatic carbocycles. The van der Waals surface area contributed by atoms with Crippen molar-refractivity contribution in [3.63, 3.8) is 0 Å². The van der Waals surface area contributed by atoms with Crippen molar-refractivity contribution < 1.29 is 9.66 Å². The van der Waals surface area contributed by atoms with Crippen LogP contribution in [0.4, 0.5) is 23.0 Å². The number of ether oxygens (including phenoxy) is 1. The lowest BCUT2D eigenvalue weighted by atomic mass is 10.1. The minimum Gasteiger partial charge on any atom is -0.383 e. The molecule has 2 N–H and O–H groups in total. The zero-order chi connectivity index (χ0) is 17.5. The maximum atomic E-state index is 11.5. The molecule has 0 radical (unpaired) electrons. The molecule has 2 aromatic rings. The Morgan fingerprint density at radius 2 is 2.00 bits per heavy atom. The molecule has 8 heteroatoms. The zero-order valence-corrected chi connectivity index (χ0v) is 13.9. The fourth-order valence-electron chi connectivity index (χ4n) is 2.35. The molecule has 128 valence electrons. The lowest BCUT2D eigenvalue weighted by Gasteiger charge is -2.15. The van der Waals surface area contributed by atoms with Crippen molar-refractivity contribution >= 4 is 23.0 Å². The van der Waals surface area contributed by atoms with Crippen LogP contribution in [0.1, 0.15) is 19.4 Å². The number of hydrogen-bond acceptors (Lipinski definition) is 7. The molecule has 2 rings (SSSR count). The van der Waals surface area contributed by atoms with Crippen LogP contribution in [0.15, 0.2) is 30.6 Å². The van der Waals surface area contributed by atoms with Gasteiger partial charge in [-0.3, -0.25) is 10.1 Å². The third-order valence-corrected chi connectivity index (χ3v) is 3.46. The third kappa shape index (κ3) is 4.17. The van der Waals surface area contributed by atoms with Crippen LogP contribution in [-0.4, -0.2) is 34.6 Å². The lowest BCUT2D eigenvalue weighted by Crippen LogP contribution is -2.22. The van der Waals surface area contributed by atoms with Crippen LogP contribution in [0.2, 0.25) is 0 Å². The largest absolute Gasteiger partial charge is 0.383 e. The van der Waals surface area contributed by atoms with Crippen LogP contribution in [0.5, 0.6) is 0 Å². The number of aromatic nitrogens is 2. The van der Waals surface area contributed by atoms with Crippen molar-refractivity contribution in [1.82, 2.24) is 9.97 Å². The molecule has 0 spiro atoms. The molecule has 1 heterocycles. The molecular formula is C16H21N5O3. The first-order chi connectivity index (χ1) is 11.6. The Kier molecular flexibility index (Phi) is 6.02. The highest BCUT2D eigenvalue weighted by atomic mass is 16.6. The second-order valence-corrected chi connectivity index (χ2v) is 5.31. The first-order valence-electron chi connectivity index (χ1n) is 7.66. The number of hydrogen-bond donors (Lipinski definition) is 2. The fraction of sp³-hybridized carbons (Fsp3) is 0.375. The van der Waals surface area contributed by atoms with Crippen LogP contribution in [0.3, 0.4) is 0 Å². The molecule has 1 unspecified atom stereocenters. The van der Waals surface area contributed by atoms with E-state index in [1.807, 2.05) is 38.1 Å². The van der Waals surface area contributed by atoms with Crippen molar-refractivity contribution in [3.8, 4) is 0 Å². The maximum Gasteiger partial charge on any atom is 0.353 e. The number of methoxy groups -OCH3 is 1. The first-order valence-corrected chi connectivity index (χ1v) is 7.66. The van der Waals surface area contributed by atoms with E-state index in [0.717, 1.165) is 17.7 Å². The van der Waals surface area contributed by atoms with Gasteiger partial charge >= 0.3 is 5.69 Å². The van der Waals surface area contributed by atoms with Crippen LogP contribution in [0.25, 0.3) is 0 Å². The number of aryl methyl sites for hydroxylation is 1. The molecule has 0 aliphatic rings. The third-order valence-electron chi connectivity index (χ3n) is 3.46. The molecule has 0 aliphatic heterocycles. The van der Waals surface area contributed by atoms with E-state index in [0.29, 0.717) is 6.61 Å². The van der Waals surface area contributed by atoms with Crippen molar-refractivity contribution in [1.29, 1.82) is 0 Å². The average molecular weight is 331 g/mol. The highest BCUT2D eigenvalue weighted by Gasteiger charge is 2.24. The Balaban J connectivity index is 2.37. The topological polar surface area (TPSA) is 102 Å². The molecule has 0 saturated carbocycles. The predicted octanol–water partition coefficient (Wildman–Crippen LogP) is 3.14. The van der Waals surface area contributed by atoms with Crippen molar-refractivity contribution in [2.75, 3.05) is 24.4 Å². The highest BCUT2D eigenvalue weighted by Crippen LogP contribution is 2.32. The van der Waals surface area contributed by atoms with E-state index in [-0.39, 0.29) is 23.4 Å². The van der Waals surface area contributed by atoms with Crippen molar-refractivity contribution in [3.05, 3.63) is 46.3 Å². The van der Waals surface area contributed by atoms with Crippen molar-refractivity contribution in [2.24, 2.45) is 0 Å². The minimum atomic E-state index is -0.487. The molecule has 0 saturated heterocycles. The van der Waals surface area contributed by atoms with Gasteiger partial charge in [0.05, 0.1) is 11.5 Å². The molecule has 1 atom stereocenters. The van der Waals surface area contributed by atoms with Crippen LogP contribution >= 0.6 is 0 Å². The number of anilines is 3. The summed E-state index contributed by atoms with van der Waals surface area (Å²) >= 11 is 0. The Hall–Kier alpha value is -2.74. The standard InChI is InChI=1S/C16H21N5O3/c1-4-12-7-5-6-8-13(12)20-16-14(21(22)23)15(17-10-18-16)19-11(2)9-24-3/h5-8,10-11H,4,9H2,1-3H3,(H2,17,18,19,20). The lowest BCUT2D eigenvalue weighted by molar-refractivity contribution is -0.383. The number of nitro groups is 1. The van der Waals surface area contributed by atoms with E-state index in [1.54, 1.807) is 7.11 Å². The first kappa shape index (κ1) is 17.6. The molecule has 1 aromatic heterocycles. The summed E-state index contributed by atoms with van der Waals surface area (Å²) in [6.07, 6.45) is 2.10. The Bertz CT molecular complexity index is 708. The van der Waals surface area contributed by atoms with E-state index in [1.165, 1.54) is 6.33 Å². The summed E-state index contributed by atoms with van der Waals surface area (Å²) < 4.78 is 5.04. The number of rotatable bonds is 8. The normalized spacial score (nSPS) is 11.8. The number of nitrogens with zero attached hydrogens (tertiary/aromatic N) is 3. The SMILES string of the molecule is CCc1ccccc1Nc1ncnc(NC(C)COC)c1[N+](=O)[O-]. The van der Waals surface area contributed by atoms with Gasteiger partial charge in [-0.05, 0) is 25.0 Å². The van der Waals surface area contributed by atoms with Gasteiger partial charge in [-0.15, -0.1) is 0 Å². The van der Waals surface area contributed by atoms with Crippen LogP contribution in [0, 0.1) is 10.1 Å². The summed E-state index contributed by atoms with van der Waals surface area (Å²) in [5, 5.41) is 17.6. The van der Waals surface area contributed by atoms with Crippen LogP contribution < -0.4 is 10.6 Å². The fourth-order valence-corrected chi connectivity index (χ4v) is 2.35. The number of benzene rings is 1. The van der Waals surface area contributed by atoms with E-state index in [2.05, 4.69) is 20.6 Å². The second kappa shape index (κ2) is 8.21. The van der Waals surface area contributed by atoms with E-state index < -0.39 is 4.92 Å². The summed E-state index contributed by atoms with van der Waals surface area (Å²) in [5.74, 6) is 0.319. The predicted molar refractivity (Wildman–Crippen MR) is 92.7 cm³/mol. The highest BCUT2D eigenvalue weighted by molar-refractivity contribution is 5.74. The summed E-state index contributed by atoms with van der Waals surface area (Å²) in [7, 11) is 1.57. The molecule has 0 amide bonds. The Morgan fingerprint density at radius 1 is 1.29 bits per heavy atom. The molecule has 8 nitrogen and oxygen atoms in total. The molecule has 0 bridgehead atoms. The zero-order valence-electron chi connectivity index (χ0n) is 13.9. The van der Waals surface area contributed by atoms with Gasteiger partial charge in [0.25, 0.3) is 0 Å². The van der Waals surface area contributed by atoms with Crippen molar-refractivity contribution in [2.45, 2.75) is 26.3 Å². The monoisotopic (exact) mass is 331 g/mol. The number of nitrogens with one attached hydrogen (secondary N) is 2. The summed E-state index contributed by atoms with van der Waals surface area (Å²) in [5.41, 5.74) is 1.65. The maximum absolute atomic E-state index is 11.5. The van der Waals surface area contributed by atoms with Gasteiger partial charge in [0.2, 0.25) is 11.6 Å². The van der Waals surface area contributed by atoms with Gasteiger partial charge < -0.3 is 15.4 Å². The molecule has 0 fully saturated rings. The van der Waals surface area contributed by atoms with Gasteiger partial charge in [0.1, 0.15) is 6.33 Å². The summed E-state index contributed by atoms with van der Waals surface area (Å²) in [6.45, 7) is 4.28. The Labute approximate surface area is 140 Å². The van der Waals surface area contributed by atoms with Crippen LogP contribution in [-0.2, 0) is 11.2 Å². The number of para-hydroxylation sites is 1. The Morgan fingerprint density at radius 3 is 2.67 bits per heavy atom. The molecule has 1 aromatic carbocycles. The summed E-state index contributed by atoms with van der Waals surface area (Å²) in [4.78, 5) is 19.1. The minimum absolute atomic E-state index is 0.126. The molecular weight excluding hydrogens is 310 g/mol. The summed E-state index contributed by atoms with van der Waals surface area (Å²) in [6, 6.07) is 7.51. The van der Waals surface area contributed by atoms with E-state index in [9.17, 15) is 10.1 Å². The van der Waals surface area contributed by atoms with Gasteiger partial charge in [-0.1, -0.05) is 25.1 Å². The quantitative estimate of drug-likeness (QED) is 0.566. The van der Waals surface area contributed by atoms with Gasteiger partial charge in [0.15, 0.2) is 0 Å². The average Bonchev–Trinajstić information content (AvgIpc) is 2.55. The second-order valence-electron chi connectivity index (χ2n) is 5.31. The van der Waals surface area contributed by atoms with E-state index >= 15 is 0 Å². The molecule has 24 heavy (non-hydrogen) atoms.